The maximum absolute atomic E-state index is 11.7. The number of nitrogens with zero attached hydrogens (tertiary/aromatic N) is 1. The lowest BCUT2D eigenvalue weighted by Gasteiger charge is -2.25. The van der Waals surface area contributed by atoms with Gasteiger partial charge in [0.1, 0.15) is 0 Å². The predicted molar refractivity (Wildman–Crippen MR) is 59.6 cm³/mol. The summed E-state index contributed by atoms with van der Waals surface area (Å²) in [6.07, 6.45) is 6.61. The first kappa shape index (κ1) is 12.2. The predicted octanol–water partition coefficient (Wildman–Crippen LogP) is 2.15. The molecule has 1 heterocycles. The van der Waals surface area contributed by atoms with E-state index in [0.717, 1.165) is 25.8 Å². The van der Waals surface area contributed by atoms with Crippen LogP contribution in [0.2, 0.25) is 0 Å². The number of hydrogen-bond acceptors (Lipinski definition) is 2. The van der Waals surface area contributed by atoms with Crippen molar-refractivity contribution in [3.8, 4) is 0 Å². The molecule has 0 radical (unpaired) electrons. The van der Waals surface area contributed by atoms with Crippen molar-refractivity contribution in [3.63, 3.8) is 0 Å². The van der Waals surface area contributed by atoms with Crippen molar-refractivity contribution in [1.29, 1.82) is 0 Å². The van der Waals surface area contributed by atoms with Crippen molar-refractivity contribution in [1.82, 2.24) is 4.90 Å². The van der Waals surface area contributed by atoms with Gasteiger partial charge in [0.05, 0.1) is 6.54 Å². The van der Waals surface area contributed by atoms with Crippen LogP contribution in [0, 0.1) is 0 Å². The molecule has 0 spiro atoms. The van der Waals surface area contributed by atoms with E-state index in [-0.39, 0.29) is 11.7 Å². The van der Waals surface area contributed by atoms with Crippen LogP contribution in [0.5, 0.6) is 0 Å². The molecule has 0 aromatic carbocycles. The first-order valence-electron chi connectivity index (χ1n) is 6.03. The standard InChI is InChI=1S/C12H21NO2/c1-2-3-4-5-8-12(15)13-9-6-7-11(14)10-13/h2-10H2,1H3. The highest BCUT2D eigenvalue weighted by Gasteiger charge is 2.20. The number of rotatable bonds is 5. The number of ketones is 1. The van der Waals surface area contributed by atoms with Gasteiger partial charge in [0.25, 0.3) is 0 Å². The molecule has 1 aliphatic rings. The highest BCUT2D eigenvalue weighted by atomic mass is 16.2. The Kier molecular flexibility index (Phi) is 5.37. The van der Waals surface area contributed by atoms with E-state index in [9.17, 15) is 9.59 Å². The lowest BCUT2D eigenvalue weighted by atomic mass is 10.1. The van der Waals surface area contributed by atoms with Gasteiger partial charge in [0.2, 0.25) is 5.91 Å². The summed E-state index contributed by atoms with van der Waals surface area (Å²) in [5.74, 6) is 0.377. The summed E-state index contributed by atoms with van der Waals surface area (Å²) in [7, 11) is 0. The van der Waals surface area contributed by atoms with E-state index >= 15 is 0 Å². The van der Waals surface area contributed by atoms with Crippen LogP contribution in [-0.2, 0) is 9.59 Å². The van der Waals surface area contributed by atoms with Crippen molar-refractivity contribution in [2.24, 2.45) is 0 Å². The molecular formula is C12H21NO2. The molecule has 1 aliphatic heterocycles. The molecular weight excluding hydrogens is 190 g/mol. The third kappa shape index (κ3) is 4.45. The van der Waals surface area contributed by atoms with Crippen LogP contribution in [0.3, 0.4) is 0 Å². The molecule has 0 N–H and O–H groups in total. The largest absolute Gasteiger partial charge is 0.335 e. The highest BCUT2D eigenvalue weighted by molar-refractivity contribution is 5.87. The first-order valence-corrected chi connectivity index (χ1v) is 6.03. The molecule has 15 heavy (non-hydrogen) atoms. The monoisotopic (exact) mass is 211 g/mol. The van der Waals surface area contributed by atoms with Crippen LogP contribution in [0.15, 0.2) is 0 Å². The summed E-state index contributed by atoms with van der Waals surface area (Å²) in [6, 6.07) is 0. The normalized spacial score (nSPS) is 16.9. The number of carbonyl (C=O) groups is 2. The number of hydrogen-bond donors (Lipinski definition) is 0. The van der Waals surface area contributed by atoms with Crippen molar-refractivity contribution < 1.29 is 9.59 Å². The zero-order chi connectivity index (χ0) is 11.1. The lowest BCUT2D eigenvalue weighted by Crippen LogP contribution is -2.39. The summed E-state index contributed by atoms with van der Waals surface area (Å²) in [5, 5.41) is 0. The molecule has 0 atom stereocenters. The summed E-state index contributed by atoms with van der Waals surface area (Å²) in [5.41, 5.74) is 0. The Labute approximate surface area is 91.8 Å². The average Bonchev–Trinajstić information content (AvgIpc) is 2.24. The van der Waals surface area contributed by atoms with Gasteiger partial charge in [-0.25, -0.2) is 0 Å². The number of Topliss-reactive ketones (excluding diaryl/α,β-unsaturated/α-hetero) is 1. The van der Waals surface area contributed by atoms with Gasteiger partial charge in [-0.2, -0.15) is 0 Å². The van der Waals surface area contributed by atoms with Gasteiger partial charge in [0.15, 0.2) is 5.78 Å². The van der Waals surface area contributed by atoms with E-state index in [1.54, 1.807) is 4.90 Å². The molecule has 0 saturated carbocycles. The maximum atomic E-state index is 11.7. The Morgan fingerprint density at radius 1 is 1.33 bits per heavy atom. The van der Waals surface area contributed by atoms with Crippen LogP contribution in [0.1, 0.15) is 51.9 Å². The van der Waals surface area contributed by atoms with Crippen LogP contribution in [-0.4, -0.2) is 29.7 Å². The summed E-state index contributed by atoms with van der Waals surface area (Å²) in [4.78, 5) is 24.6. The van der Waals surface area contributed by atoms with Gasteiger partial charge >= 0.3 is 0 Å². The van der Waals surface area contributed by atoms with E-state index in [2.05, 4.69) is 6.92 Å². The second-order valence-corrected chi connectivity index (χ2v) is 4.27. The fraction of sp³-hybridized carbons (Fsp3) is 0.833. The summed E-state index contributed by atoms with van der Waals surface area (Å²) in [6.45, 7) is 3.29. The van der Waals surface area contributed by atoms with E-state index in [1.165, 1.54) is 12.8 Å². The zero-order valence-electron chi connectivity index (χ0n) is 9.63. The van der Waals surface area contributed by atoms with Gasteiger partial charge in [-0.3, -0.25) is 9.59 Å². The number of amides is 1. The molecule has 0 aliphatic carbocycles. The van der Waals surface area contributed by atoms with E-state index in [4.69, 9.17) is 0 Å². The fourth-order valence-corrected chi connectivity index (χ4v) is 1.91. The SMILES string of the molecule is CCCCCCC(=O)N1CCCC(=O)C1. The van der Waals surface area contributed by atoms with Crippen LogP contribution < -0.4 is 0 Å². The van der Waals surface area contributed by atoms with Crippen molar-refractivity contribution in [2.75, 3.05) is 13.1 Å². The van der Waals surface area contributed by atoms with Gasteiger partial charge in [-0.1, -0.05) is 26.2 Å². The van der Waals surface area contributed by atoms with Gasteiger partial charge < -0.3 is 4.90 Å². The van der Waals surface area contributed by atoms with E-state index in [0.29, 0.717) is 19.4 Å². The molecule has 3 heteroatoms. The van der Waals surface area contributed by atoms with Crippen LogP contribution >= 0.6 is 0 Å². The van der Waals surface area contributed by atoms with E-state index < -0.39 is 0 Å². The van der Waals surface area contributed by atoms with Crippen molar-refractivity contribution >= 4 is 11.7 Å². The molecule has 3 nitrogen and oxygen atoms in total. The minimum absolute atomic E-state index is 0.166. The maximum Gasteiger partial charge on any atom is 0.222 e. The fourth-order valence-electron chi connectivity index (χ4n) is 1.91. The van der Waals surface area contributed by atoms with Crippen molar-refractivity contribution in [3.05, 3.63) is 0 Å². The molecule has 0 bridgehead atoms. The Morgan fingerprint density at radius 3 is 2.80 bits per heavy atom. The van der Waals surface area contributed by atoms with Gasteiger partial charge in [0, 0.05) is 19.4 Å². The Balaban J connectivity index is 2.18. The van der Waals surface area contributed by atoms with Gasteiger partial charge in [-0.05, 0) is 12.8 Å². The summed E-state index contributed by atoms with van der Waals surface area (Å²) < 4.78 is 0. The minimum Gasteiger partial charge on any atom is -0.335 e. The molecule has 1 fully saturated rings. The molecule has 0 aromatic rings. The smallest absolute Gasteiger partial charge is 0.222 e. The quantitative estimate of drug-likeness (QED) is 0.653. The first-order chi connectivity index (χ1) is 7.24. The van der Waals surface area contributed by atoms with Crippen LogP contribution in [0.25, 0.3) is 0 Å². The average molecular weight is 211 g/mol. The lowest BCUT2D eigenvalue weighted by molar-refractivity contribution is -0.137. The Hall–Kier alpha value is -0.860. The Morgan fingerprint density at radius 2 is 2.13 bits per heavy atom. The van der Waals surface area contributed by atoms with Crippen LogP contribution in [0.4, 0.5) is 0 Å². The topological polar surface area (TPSA) is 37.4 Å². The number of likely N-dealkylation sites (tertiary alicyclic amines) is 1. The third-order valence-electron chi connectivity index (χ3n) is 2.85. The third-order valence-corrected chi connectivity index (χ3v) is 2.85. The molecule has 1 amide bonds. The zero-order valence-corrected chi connectivity index (χ0v) is 9.63. The number of piperidine rings is 1. The van der Waals surface area contributed by atoms with Gasteiger partial charge in [-0.15, -0.1) is 0 Å². The molecule has 0 aromatic heterocycles. The number of unbranched alkanes of at least 4 members (excludes halogenated alkanes) is 3. The molecule has 86 valence electrons. The molecule has 1 rings (SSSR count). The second-order valence-electron chi connectivity index (χ2n) is 4.27. The Bertz CT molecular complexity index is 226. The molecule has 1 saturated heterocycles. The molecule has 0 unspecified atom stereocenters. The van der Waals surface area contributed by atoms with E-state index in [1.807, 2.05) is 0 Å². The van der Waals surface area contributed by atoms with Crippen molar-refractivity contribution in [2.45, 2.75) is 51.9 Å². The number of carbonyl (C=O) groups excluding carboxylic acids is 2. The highest BCUT2D eigenvalue weighted by Crippen LogP contribution is 2.10. The minimum atomic E-state index is 0.166. The second kappa shape index (κ2) is 6.59. The summed E-state index contributed by atoms with van der Waals surface area (Å²) >= 11 is 0.